The zero-order valence-electron chi connectivity index (χ0n) is 27.5. The number of aromatic nitrogens is 3. The Labute approximate surface area is 286 Å². The number of carboxylic acid groups (broad SMARTS) is 1. The lowest BCUT2D eigenvalue weighted by molar-refractivity contribution is -0.138. The number of anilines is 1. The Bertz CT molecular complexity index is 2200. The summed E-state index contributed by atoms with van der Waals surface area (Å²) in [7, 11) is -4.35. The molecule has 0 radical (unpaired) electrons. The fraction of sp³-hybridized carbons (Fsp3) is 0.257. The number of halogens is 2. The van der Waals surface area contributed by atoms with Crippen LogP contribution in [0.4, 0.5) is 14.7 Å². The van der Waals surface area contributed by atoms with Gasteiger partial charge in [0, 0.05) is 43.8 Å². The third-order valence-corrected chi connectivity index (χ3v) is 9.96. The molecule has 1 unspecified atom stereocenters. The molecule has 262 valence electrons. The molecule has 5 aromatic rings. The monoisotopic (exact) mass is 706 g/mol. The van der Waals surface area contributed by atoms with Crippen molar-refractivity contribution in [2.45, 2.75) is 51.1 Å². The lowest BCUT2D eigenvalue weighted by atomic mass is 10.0. The van der Waals surface area contributed by atoms with Crippen molar-refractivity contribution in [2.75, 3.05) is 18.4 Å². The van der Waals surface area contributed by atoms with E-state index < -0.39 is 57.1 Å². The highest BCUT2D eigenvalue weighted by molar-refractivity contribution is 7.89. The normalized spacial score (nSPS) is 12.2. The van der Waals surface area contributed by atoms with Gasteiger partial charge in [-0.25, -0.2) is 22.2 Å². The van der Waals surface area contributed by atoms with Crippen LogP contribution in [0.3, 0.4) is 0 Å². The van der Waals surface area contributed by atoms with Crippen molar-refractivity contribution in [2.24, 2.45) is 0 Å². The van der Waals surface area contributed by atoms with Crippen molar-refractivity contribution >= 4 is 38.8 Å². The van der Waals surface area contributed by atoms with Gasteiger partial charge in [0.2, 0.25) is 15.5 Å². The van der Waals surface area contributed by atoms with E-state index in [-0.39, 0.29) is 40.9 Å². The number of aryl methyl sites for hydroxylation is 5. The molecule has 0 aliphatic carbocycles. The molecule has 5 rings (SSSR count). The third kappa shape index (κ3) is 7.90. The molecule has 12 nitrogen and oxygen atoms in total. The summed E-state index contributed by atoms with van der Waals surface area (Å²) in [6, 6.07) is 11.6. The van der Waals surface area contributed by atoms with Crippen LogP contribution in [-0.4, -0.2) is 59.1 Å². The molecule has 3 aromatic carbocycles. The van der Waals surface area contributed by atoms with E-state index >= 15 is 8.78 Å². The Morgan fingerprint density at radius 1 is 1.04 bits per heavy atom. The van der Waals surface area contributed by atoms with Gasteiger partial charge in [-0.15, -0.1) is 0 Å². The summed E-state index contributed by atoms with van der Waals surface area (Å²) in [5, 5.41) is 14.7. The first-order valence-electron chi connectivity index (χ1n) is 15.7. The van der Waals surface area contributed by atoms with Gasteiger partial charge >= 0.3 is 5.97 Å². The fourth-order valence-corrected chi connectivity index (χ4v) is 7.60. The second-order valence-corrected chi connectivity index (χ2v) is 13.6. The number of rotatable bonds is 14. The minimum atomic E-state index is -4.35. The second kappa shape index (κ2) is 15.0. The van der Waals surface area contributed by atoms with E-state index in [1.807, 2.05) is 30.3 Å². The summed E-state index contributed by atoms with van der Waals surface area (Å²) in [5.41, 5.74) is 0.571. The number of carbonyl (C=O) groups excluding carboxylic acids is 1. The summed E-state index contributed by atoms with van der Waals surface area (Å²) in [4.78, 5) is 45.9. The molecular formula is C35H36F2N6O6S. The Balaban J connectivity index is 1.45. The maximum atomic E-state index is 16.1. The minimum Gasteiger partial charge on any atom is -0.480 e. The molecule has 0 aliphatic rings. The van der Waals surface area contributed by atoms with Crippen LogP contribution in [0.5, 0.6) is 0 Å². The molecule has 2 heterocycles. The maximum Gasteiger partial charge on any atom is 0.323 e. The summed E-state index contributed by atoms with van der Waals surface area (Å²) < 4.78 is 61.5. The maximum absolute atomic E-state index is 16.1. The number of hydrogen-bond acceptors (Lipinski definition) is 7. The zero-order chi connectivity index (χ0) is 36.2. The average molecular weight is 707 g/mol. The first kappa shape index (κ1) is 35.9. The van der Waals surface area contributed by atoms with Crippen molar-refractivity contribution in [3.63, 3.8) is 0 Å². The molecular weight excluding hydrogens is 670 g/mol. The van der Waals surface area contributed by atoms with Gasteiger partial charge in [-0.1, -0.05) is 48.0 Å². The topological polar surface area (TPSA) is 175 Å². The molecule has 50 heavy (non-hydrogen) atoms. The standard InChI is InChI=1S/C35H36F2N6O6S/c1-20-15-21(2)32(22(3)16-20)50(48,49)42-28(34(46)47)18-41-33(45)26-19-43(14-10-23-7-5-4-6-8-23)30-25(31(26)44)17-27(36)24(29(30)37)9-11-38-35-39-12-13-40-35/h4-8,12-13,15-17,19,28,42H,9-11,14,18H2,1-3H3,(H,41,45)(H,46,47)(H2,38,39,40). The SMILES string of the molecule is Cc1cc(C)c(S(=O)(=O)NC(CNC(=O)c2cn(CCc3ccccc3)c3c(F)c(CCNc4ncc[nH]4)c(F)cc3c2=O)C(=O)O)c(C)c1. The molecule has 1 atom stereocenters. The molecule has 1 amide bonds. The summed E-state index contributed by atoms with van der Waals surface area (Å²) >= 11 is 0. The molecule has 15 heteroatoms. The molecule has 0 saturated heterocycles. The molecule has 0 aliphatic heterocycles. The highest BCUT2D eigenvalue weighted by Crippen LogP contribution is 2.25. The first-order valence-corrected chi connectivity index (χ1v) is 17.2. The lowest BCUT2D eigenvalue weighted by Crippen LogP contribution is -2.49. The Kier molecular flexibility index (Phi) is 10.8. The van der Waals surface area contributed by atoms with Gasteiger partial charge < -0.3 is 25.3 Å². The number of nitrogens with one attached hydrogen (secondary N) is 4. The highest BCUT2D eigenvalue weighted by atomic mass is 32.2. The number of benzene rings is 3. The molecule has 5 N–H and O–H groups in total. The predicted molar refractivity (Wildman–Crippen MR) is 184 cm³/mol. The van der Waals surface area contributed by atoms with Gasteiger partial charge in [0.05, 0.1) is 15.8 Å². The van der Waals surface area contributed by atoms with Crippen molar-refractivity contribution in [1.29, 1.82) is 0 Å². The number of aliphatic carboxylic acids is 1. The van der Waals surface area contributed by atoms with Crippen LogP contribution < -0.4 is 20.8 Å². The molecule has 0 fully saturated rings. The van der Waals surface area contributed by atoms with Crippen molar-refractivity contribution in [3.05, 3.63) is 122 Å². The zero-order valence-corrected chi connectivity index (χ0v) is 28.3. The van der Waals surface area contributed by atoms with E-state index in [0.717, 1.165) is 23.4 Å². The van der Waals surface area contributed by atoms with E-state index in [9.17, 15) is 27.9 Å². The Hall–Kier alpha value is -5.41. The van der Waals surface area contributed by atoms with Crippen LogP contribution in [0.2, 0.25) is 0 Å². The van der Waals surface area contributed by atoms with Crippen molar-refractivity contribution in [3.8, 4) is 0 Å². The number of carbonyl (C=O) groups is 2. The van der Waals surface area contributed by atoms with Gasteiger partial charge in [-0.05, 0) is 56.4 Å². The number of H-pyrrole nitrogens is 1. The molecule has 0 saturated carbocycles. The summed E-state index contributed by atoms with van der Waals surface area (Å²) in [6.07, 6.45) is 4.54. The smallest absolute Gasteiger partial charge is 0.323 e. The van der Waals surface area contributed by atoms with E-state index in [1.165, 1.54) is 10.8 Å². The number of amides is 1. The number of hydrogen-bond donors (Lipinski definition) is 5. The largest absolute Gasteiger partial charge is 0.480 e. The quantitative estimate of drug-likeness (QED) is 0.115. The lowest BCUT2D eigenvalue weighted by Gasteiger charge is -2.19. The molecule has 0 spiro atoms. The van der Waals surface area contributed by atoms with Gasteiger partial charge in [-0.3, -0.25) is 14.4 Å². The first-order chi connectivity index (χ1) is 23.8. The van der Waals surface area contributed by atoms with E-state index in [2.05, 4.69) is 25.3 Å². The second-order valence-electron chi connectivity index (χ2n) is 11.9. The number of fused-ring (bicyclic) bond motifs is 1. The minimum absolute atomic E-state index is 0.0858. The van der Waals surface area contributed by atoms with Gasteiger partial charge in [0.15, 0.2) is 11.8 Å². The summed E-state index contributed by atoms with van der Waals surface area (Å²) in [5.74, 6) is -4.15. The Morgan fingerprint density at radius 2 is 1.74 bits per heavy atom. The number of imidazole rings is 1. The highest BCUT2D eigenvalue weighted by Gasteiger charge is 2.29. The van der Waals surface area contributed by atoms with Crippen molar-refractivity contribution in [1.82, 2.24) is 24.6 Å². The van der Waals surface area contributed by atoms with Gasteiger partial charge in [0.1, 0.15) is 17.4 Å². The van der Waals surface area contributed by atoms with Crippen molar-refractivity contribution < 1.29 is 31.9 Å². The Morgan fingerprint density at radius 3 is 2.38 bits per heavy atom. The molecule has 0 bridgehead atoms. The van der Waals surface area contributed by atoms with E-state index in [1.54, 1.807) is 39.1 Å². The van der Waals surface area contributed by atoms with E-state index in [0.29, 0.717) is 23.5 Å². The van der Waals surface area contributed by atoms with Gasteiger partial charge in [-0.2, -0.15) is 4.72 Å². The van der Waals surface area contributed by atoms with E-state index in [4.69, 9.17) is 0 Å². The number of aromatic amines is 1. The number of pyridine rings is 1. The third-order valence-electron chi connectivity index (χ3n) is 8.18. The van der Waals surface area contributed by atoms with Gasteiger partial charge in [0.25, 0.3) is 5.91 Å². The predicted octanol–water partition coefficient (Wildman–Crippen LogP) is 3.99. The fourth-order valence-electron chi connectivity index (χ4n) is 5.96. The average Bonchev–Trinajstić information content (AvgIpc) is 3.57. The number of carboxylic acids is 1. The van der Waals surface area contributed by atoms with Crippen LogP contribution in [0, 0.1) is 32.4 Å². The van der Waals surface area contributed by atoms with Crippen LogP contribution in [0.15, 0.2) is 76.8 Å². The van der Waals surface area contributed by atoms with Crippen LogP contribution >= 0.6 is 0 Å². The molecule has 2 aromatic heterocycles. The van der Waals surface area contributed by atoms with Crippen LogP contribution in [0.1, 0.15) is 38.2 Å². The van der Waals surface area contributed by atoms with Crippen LogP contribution in [0.25, 0.3) is 10.9 Å². The summed E-state index contributed by atoms with van der Waals surface area (Å²) in [6.45, 7) is 4.45. The number of sulfonamides is 1. The number of nitrogens with zero attached hydrogens (tertiary/aromatic N) is 2. The van der Waals surface area contributed by atoms with Crippen LogP contribution in [-0.2, 0) is 34.2 Å².